The third kappa shape index (κ3) is 2.39. The normalized spacial score (nSPS) is 10.3. The summed E-state index contributed by atoms with van der Waals surface area (Å²) in [6, 6.07) is 6.37. The van der Waals surface area contributed by atoms with Crippen LogP contribution in [0.15, 0.2) is 41.0 Å². The summed E-state index contributed by atoms with van der Waals surface area (Å²) in [6.45, 7) is 0. The van der Waals surface area contributed by atoms with E-state index in [-0.39, 0.29) is 11.1 Å². The van der Waals surface area contributed by atoms with Gasteiger partial charge in [-0.2, -0.15) is 4.39 Å². The lowest BCUT2D eigenvalue weighted by Crippen LogP contribution is -2.06. The van der Waals surface area contributed by atoms with Gasteiger partial charge >= 0.3 is 0 Å². The molecule has 0 saturated carbocycles. The molecule has 0 saturated heterocycles. The molecule has 0 N–H and O–H groups in total. The molecule has 1 aromatic carbocycles. The number of benzene rings is 1. The van der Waals surface area contributed by atoms with E-state index in [1.807, 2.05) is 0 Å². The first-order valence-corrected chi connectivity index (χ1v) is 5.49. The Balaban J connectivity index is 2.47. The van der Waals surface area contributed by atoms with Crippen molar-refractivity contribution >= 4 is 21.7 Å². The molecular formula is C12H6BrF2NO. The maximum Gasteiger partial charge on any atom is 0.225 e. The standard InChI is InChI=1S/C12H6BrF2NO/c13-9-5-6-16-12(15)10(9)11(17)7-1-3-8(14)4-2-7/h1-6H. The summed E-state index contributed by atoms with van der Waals surface area (Å²) in [4.78, 5) is 15.4. The van der Waals surface area contributed by atoms with Crippen molar-refractivity contribution in [1.82, 2.24) is 4.98 Å². The molecule has 0 bridgehead atoms. The van der Waals surface area contributed by atoms with E-state index in [9.17, 15) is 13.6 Å². The van der Waals surface area contributed by atoms with Crippen molar-refractivity contribution in [1.29, 1.82) is 0 Å². The van der Waals surface area contributed by atoms with Gasteiger partial charge in [-0.05, 0) is 46.3 Å². The molecule has 2 rings (SSSR count). The summed E-state index contributed by atoms with van der Waals surface area (Å²) in [6.07, 6.45) is 1.25. The van der Waals surface area contributed by atoms with Gasteiger partial charge in [-0.15, -0.1) is 0 Å². The van der Waals surface area contributed by atoms with E-state index in [1.54, 1.807) is 0 Å². The second kappa shape index (κ2) is 4.71. The Labute approximate surface area is 104 Å². The first-order valence-electron chi connectivity index (χ1n) is 4.70. The van der Waals surface area contributed by atoms with Gasteiger partial charge in [0.25, 0.3) is 0 Å². The van der Waals surface area contributed by atoms with Crippen molar-refractivity contribution in [3.63, 3.8) is 0 Å². The molecule has 86 valence electrons. The second-order valence-electron chi connectivity index (χ2n) is 3.29. The van der Waals surface area contributed by atoms with E-state index >= 15 is 0 Å². The summed E-state index contributed by atoms with van der Waals surface area (Å²) in [5.41, 5.74) is 0.0538. The summed E-state index contributed by atoms with van der Waals surface area (Å²) < 4.78 is 26.5. The zero-order valence-electron chi connectivity index (χ0n) is 8.45. The number of rotatable bonds is 2. The van der Waals surface area contributed by atoms with Crippen LogP contribution in [0.3, 0.4) is 0 Å². The zero-order valence-corrected chi connectivity index (χ0v) is 10.0. The summed E-state index contributed by atoms with van der Waals surface area (Å²) in [5, 5.41) is 0. The van der Waals surface area contributed by atoms with E-state index in [0.717, 1.165) is 12.1 Å². The SMILES string of the molecule is O=C(c1ccc(F)cc1)c1c(Br)ccnc1F. The highest BCUT2D eigenvalue weighted by atomic mass is 79.9. The van der Waals surface area contributed by atoms with Gasteiger partial charge in [0, 0.05) is 16.2 Å². The number of nitrogens with zero attached hydrogens (tertiary/aromatic N) is 1. The second-order valence-corrected chi connectivity index (χ2v) is 4.15. The van der Waals surface area contributed by atoms with Crippen LogP contribution in [0.25, 0.3) is 0 Å². The van der Waals surface area contributed by atoms with E-state index < -0.39 is 17.5 Å². The van der Waals surface area contributed by atoms with Crippen LogP contribution in [0.4, 0.5) is 8.78 Å². The summed E-state index contributed by atoms with van der Waals surface area (Å²) >= 11 is 3.08. The number of hydrogen-bond donors (Lipinski definition) is 0. The van der Waals surface area contributed by atoms with Crippen LogP contribution < -0.4 is 0 Å². The minimum atomic E-state index is -0.853. The number of aromatic nitrogens is 1. The van der Waals surface area contributed by atoms with Gasteiger partial charge < -0.3 is 0 Å². The van der Waals surface area contributed by atoms with Crippen molar-refractivity contribution in [2.75, 3.05) is 0 Å². The first-order chi connectivity index (χ1) is 8.09. The van der Waals surface area contributed by atoms with Crippen LogP contribution in [-0.2, 0) is 0 Å². The van der Waals surface area contributed by atoms with Crippen LogP contribution in [-0.4, -0.2) is 10.8 Å². The number of hydrogen-bond acceptors (Lipinski definition) is 2. The molecule has 0 amide bonds. The first kappa shape index (κ1) is 11.9. The van der Waals surface area contributed by atoms with Crippen LogP contribution in [0.1, 0.15) is 15.9 Å². The molecule has 17 heavy (non-hydrogen) atoms. The zero-order chi connectivity index (χ0) is 12.4. The van der Waals surface area contributed by atoms with Crippen molar-refractivity contribution in [2.24, 2.45) is 0 Å². The van der Waals surface area contributed by atoms with Crippen LogP contribution >= 0.6 is 15.9 Å². The lowest BCUT2D eigenvalue weighted by atomic mass is 10.0. The van der Waals surface area contributed by atoms with Crippen molar-refractivity contribution in [2.45, 2.75) is 0 Å². The van der Waals surface area contributed by atoms with Gasteiger partial charge in [0.15, 0.2) is 5.78 Å². The molecule has 2 nitrogen and oxygen atoms in total. The molecule has 0 aliphatic carbocycles. The Morgan fingerprint density at radius 2 is 1.76 bits per heavy atom. The van der Waals surface area contributed by atoms with Gasteiger partial charge in [0.05, 0.1) is 5.56 Å². The van der Waals surface area contributed by atoms with E-state index in [0.29, 0.717) is 4.47 Å². The highest BCUT2D eigenvalue weighted by molar-refractivity contribution is 9.10. The number of carbonyl (C=O) groups excluding carboxylic acids is 1. The molecule has 0 aliphatic rings. The highest BCUT2D eigenvalue weighted by Crippen LogP contribution is 2.21. The van der Waals surface area contributed by atoms with E-state index in [2.05, 4.69) is 20.9 Å². The van der Waals surface area contributed by atoms with Crippen LogP contribution in [0.2, 0.25) is 0 Å². The minimum absolute atomic E-state index is 0.154. The molecule has 0 unspecified atom stereocenters. The molecule has 5 heteroatoms. The molecule has 0 radical (unpaired) electrons. The van der Waals surface area contributed by atoms with E-state index in [4.69, 9.17) is 0 Å². The van der Waals surface area contributed by atoms with Gasteiger partial charge in [-0.25, -0.2) is 9.37 Å². The molecule has 0 spiro atoms. The van der Waals surface area contributed by atoms with Gasteiger partial charge in [0.2, 0.25) is 5.95 Å². The van der Waals surface area contributed by atoms with Crippen molar-refractivity contribution < 1.29 is 13.6 Å². The predicted molar refractivity (Wildman–Crippen MR) is 61.7 cm³/mol. The lowest BCUT2D eigenvalue weighted by Gasteiger charge is -2.04. The number of pyridine rings is 1. The quantitative estimate of drug-likeness (QED) is 0.628. The summed E-state index contributed by atoms with van der Waals surface area (Å²) in [7, 11) is 0. The maximum atomic E-state index is 13.4. The number of carbonyl (C=O) groups is 1. The topological polar surface area (TPSA) is 30.0 Å². The summed E-state index contributed by atoms with van der Waals surface area (Å²) in [5.74, 6) is -1.84. The molecule has 0 aliphatic heterocycles. The fourth-order valence-electron chi connectivity index (χ4n) is 1.36. The van der Waals surface area contributed by atoms with Crippen LogP contribution in [0, 0.1) is 11.8 Å². The monoisotopic (exact) mass is 297 g/mol. The third-order valence-corrected chi connectivity index (χ3v) is 2.85. The average Bonchev–Trinajstić information content (AvgIpc) is 2.29. The largest absolute Gasteiger partial charge is 0.288 e. The average molecular weight is 298 g/mol. The number of halogens is 3. The molecule has 0 fully saturated rings. The maximum absolute atomic E-state index is 13.4. The van der Waals surface area contributed by atoms with Gasteiger partial charge in [-0.3, -0.25) is 4.79 Å². The lowest BCUT2D eigenvalue weighted by molar-refractivity contribution is 0.103. The van der Waals surface area contributed by atoms with Crippen LogP contribution in [0.5, 0.6) is 0 Å². The third-order valence-electron chi connectivity index (χ3n) is 2.19. The Bertz CT molecular complexity index is 549. The fourth-order valence-corrected chi connectivity index (χ4v) is 1.82. The van der Waals surface area contributed by atoms with Gasteiger partial charge in [0.1, 0.15) is 5.82 Å². The molecule has 2 aromatic rings. The number of ketones is 1. The Hall–Kier alpha value is -1.62. The minimum Gasteiger partial charge on any atom is -0.288 e. The molecule has 0 atom stereocenters. The van der Waals surface area contributed by atoms with E-state index in [1.165, 1.54) is 24.4 Å². The highest BCUT2D eigenvalue weighted by Gasteiger charge is 2.18. The Kier molecular flexibility index (Phi) is 3.28. The van der Waals surface area contributed by atoms with Crippen molar-refractivity contribution in [3.05, 3.63) is 63.9 Å². The Morgan fingerprint density at radius 3 is 2.35 bits per heavy atom. The van der Waals surface area contributed by atoms with Crippen molar-refractivity contribution in [3.8, 4) is 0 Å². The molecule has 1 aromatic heterocycles. The molecular weight excluding hydrogens is 292 g/mol. The smallest absolute Gasteiger partial charge is 0.225 e. The predicted octanol–water partition coefficient (Wildman–Crippen LogP) is 3.35. The fraction of sp³-hybridized carbons (Fsp3) is 0. The Morgan fingerprint density at radius 1 is 1.12 bits per heavy atom. The van der Waals surface area contributed by atoms with Gasteiger partial charge in [-0.1, -0.05) is 0 Å². The molecule has 1 heterocycles.